The van der Waals surface area contributed by atoms with Gasteiger partial charge in [-0.3, -0.25) is 4.79 Å². The first-order valence-electron chi connectivity index (χ1n) is 3.58. The van der Waals surface area contributed by atoms with E-state index in [1.54, 1.807) is 0 Å². The Hall–Kier alpha value is -0.870. The third-order valence-corrected chi connectivity index (χ3v) is 1.02. The molecule has 11 heavy (non-hydrogen) atoms. The summed E-state index contributed by atoms with van der Waals surface area (Å²) in [4.78, 5) is 10.5. The van der Waals surface area contributed by atoms with Gasteiger partial charge in [0.1, 0.15) is 0 Å². The Kier molecular flexibility index (Phi) is 6.67. The number of quaternary nitrogens is 1. The lowest BCUT2D eigenvalue weighted by Crippen LogP contribution is -2.52. The average molecular weight is 159 g/mol. The predicted molar refractivity (Wildman–Crippen MR) is 41.8 cm³/mol. The maximum Gasteiger partial charge on any atom is 0.243 e. The SMILES string of the molecule is C=CC(=O)NCCOCC[NH3+]. The van der Waals surface area contributed by atoms with Crippen molar-refractivity contribution >= 4 is 5.91 Å². The monoisotopic (exact) mass is 159 g/mol. The van der Waals surface area contributed by atoms with Crippen LogP contribution >= 0.6 is 0 Å². The van der Waals surface area contributed by atoms with Gasteiger partial charge in [-0.1, -0.05) is 6.58 Å². The molecule has 0 aliphatic heterocycles. The van der Waals surface area contributed by atoms with Crippen molar-refractivity contribution in [1.29, 1.82) is 0 Å². The van der Waals surface area contributed by atoms with Crippen LogP contribution in [0.4, 0.5) is 0 Å². The van der Waals surface area contributed by atoms with Gasteiger partial charge in [0, 0.05) is 6.54 Å². The van der Waals surface area contributed by atoms with Gasteiger partial charge in [0.25, 0.3) is 0 Å². The Morgan fingerprint density at radius 2 is 2.36 bits per heavy atom. The number of nitrogens with one attached hydrogen (secondary N) is 1. The zero-order chi connectivity index (χ0) is 8.53. The van der Waals surface area contributed by atoms with Crippen LogP contribution in [0.25, 0.3) is 0 Å². The van der Waals surface area contributed by atoms with Crippen LogP contribution in [0, 0.1) is 0 Å². The molecule has 0 bridgehead atoms. The van der Waals surface area contributed by atoms with E-state index in [2.05, 4.69) is 17.6 Å². The topological polar surface area (TPSA) is 66.0 Å². The second kappa shape index (κ2) is 7.24. The minimum atomic E-state index is -0.164. The number of hydrogen-bond donors (Lipinski definition) is 2. The van der Waals surface area contributed by atoms with Gasteiger partial charge in [-0.25, -0.2) is 0 Å². The zero-order valence-electron chi connectivity index (χ0n) is 6.64. The van der Waals surface area contributed by atoms with E-state index in [-0.39, 0.29) is 5.91 Å². The molecule has 0 aromatic heterocycles. The standard InChI is InChI=1S/C7H14N2O2/c1-2-7(10)9-4-6-11-5-3-8/h2H,1,3-6,8H2,(H,9,10)/p+1. The average Bonchev–Trinajstić information content (AvgIpc) is 2.04. The number of carbonyl (C=O) groups excluding carboxylic acids is 1. The molecular weight excluding hydrogens is 144 g/mol. The van der Waals surface area contributed by atoms with Crippen LogP contribution in [0.5, 0.6) is 0 Å². The second-order valence-corrected chi connectivity index (χ2v) is 1.96. The van der Waals surface area contributed by atoms with E-state index in [1.807, 2.05) is 0 Å². The van der Waals surface area contributed by atoms with E-state index < -0.39 is 0 Å². The van der Waals surface area contributed by atoms with Gasteiger partial charge in [0.2, 0.25) is 5.91 Å². The molecule has 0 aliphatic carbocycles. The Morgan fingerprint density at radius 3 is 2.91 bits per heavy atom. The van der Waals surface area contributed by atoms with Gasteiger partial charge >= 0.3 is 0 Å². The van der Waals surface area contributed by atoms with Gasteiger partial charge in [0.15, 0.2) is 0 Å². The van der Waals surface area contributed by atoms with Crippen LogP contribution in [-0.2, 0) is 9.53 Å². The third-order valence-electron chi connectivity index (χ3n) is 1.02. The van der Waals surface area contributed by atoms with Crippen molar-refractivity contribution in [3.8, 4) is 0 Å². The van der Waals surface area contributed by atoms with Crippen molar-refractivity contribution in [3.05, 3.63) is 12.7 Å². The van der Waals surface area contributed by atoms with Crippen molar-refractivity contribution in [2.24, 2.45) is 0 Å². The highest BCUT2D eigenvalue weighted by Gasteiger charge is 1.91. The van der Waals surface area contributed by atoms with Crippen LogP contribution in [0.3, 0.4) is 0 Å². The molecular formula is C7H15N2O2+. The summed E-state index contributed by atoms with van der Waals surface area (Å²) in [6.45, 7) is 5.78. The molecule has 0 spiro atoms. The molecule has 4 nitrogen and oxygen atoms in total. The summed E-state index contributed by atoms with van der Waals surface area (Å²) in [5, 5.41) is 2.59. The largest absolute Gasteiger partial charge is 0.374 e. The summed E-state index contributed by atoms with van der Waals surface area (Å²) in [5.41, 5.74) is 3.61. The smallest absolute Gasteiger partial charge is 0.243 e. The first kappa shape index (κ1) is 10.1. The lowest BCUT2D eigenvalue weighted by molar-refractivity contribution is -0.374. The predicted octanol–water partition coefficient (Wildman–Crippen LogP) is -1.45. The molecule has 4 heteroatoms. The van der Waals surface area contributed by atoms with E-state index in [9.17, 15) is 4.79 Å². The Labute approximate surface area is 66.4 Å². The molecule has 0 saturated carbocycles. The van der Waals surface area contributed by atoms with Crippen LogP contribution in [0.2, 0.25) is 0 Å². The van der Waals surface area contributed by atoms with Gasteiger partial charge < -0.3 is 15.8 Å². The second-order valence-electron chi connectivity index (χ2n) is 1.96. The summed E-state index contributed by atoms with van der Waals surface area (Å²) in [6, 6.07) is 0. The normalized spacial score (nSPS) is 9.18. The third kappa shape index (κ3) is 7.02. The molecule has 0 rings (SSSR count). The number of hydrogen-bond acceptors (Lipinski definition) is 2. The minimum absolute atomic E-state index is 0.164. The molecule has 64 valence electrons. The highest BCUT2D eigenvalue weighted by atomic mass is 16.5. The highest BCUT2D eigenvalue weighted by molar-refractivity contribution is 5.86. The molecule has 0 fully saturated rings. The van der Waals surface area contributed by atoms with Crippen molar-refractivity contribution in [2.75, 3.05) is 26.3 Å². The highest BCUT2D eigenvalue weighted by Crippen LogP contribution is 1.70. The lowest BCUT2D eigenvalue weighted by atomic mass is 10.5. The van der Waals surface area contributed by atoms with Crippen LogP contribution in [0.15, 0.2) is 12.7 Å². The van der Waals surface area contributed by atoms with Crippen molar-refractivity contribution < 1.29 is 15.3 Å². The molecule has 0 aromatic rings. The number of amides is 1. The summed E-state index contributed by atoms with van der Waals surface area (Å²) in [6.07, 6.45) is 1.24. The fourth-order valence-electron chi connectivity index (χ4n) is 0.523. The van der Waals surface area contributed by atoms with Crippen molar-refractivity contribution in [1.82, 2.24) is 5.32 Å². The number of rotatable bonds is 6. The maximum atomic E-state index is 10.5. The summed E-state index contributed by atoms with van der Waals surface area (Å²) >= 11 is 0. The first-order valence-corrected chi connectivity index (χ1v) is 3.58. The first-order chi connectivity index (χ1) is 5.31. The Bertz CT molecular complexity index is 126. The molecule has 0 aromatic carbocycles. The minimum Gasteiger partial charge on any atom is -0.374 e. The molecule has 4 N–H and O–H groups in total. The molecule has 0 heterocycles. The fraction of sp³-hybridized carbons (Fsp3) is 0.571. The molecule has 0 saturated heterocycles. The molecule has 1 amide bonds. The van der Waals surface area contributed by atoms with Crippen LogP contribution in [-0.4, -0.2) is 32.2 Å². The van der Waals surface area contributed by atoms with Crippen LogP contribution in [0.1, 0.15) is 0 Å². The maximum absolute atomic E-state index is 10.5. The molecule has 0 atom stereocenters. The van der Waals surface area contributed by atoms with Gasteiger partial charge in [0.05, 0.1) is 19.8 Å². The van der Waals surface area contributed by atoms with E-state index in [1.165, 1.54) is 6.08 Å². The zero-order valence-corrected chi connectivity index (χ0v) is 6.64. The molecule has 0 unspecified atom stereocenters. The van der Waals surface area contributed by atoms with Gasteiger partial charge in [-0.05, 0) is 6.08 Å². The fourth-order valence-corrected chi connectivity index (χ4v) is 0.523. The lowest BCUT2D eigenvalue weighted by Gasteiger charge is -2.01. The van der Waals surface area contributed by atoms with Gasteiger partial charge in [-0.2, -0.15) is 0 Å². The van der Waals surface area contributed by atoms with Crippen molar-refractivity contribution in [2.45, 2.75) is 0 Å². The number of ether oxygens (including phenoxy) is 1. The van der Waals surface area contributed by atoms with Crippen molar-refractivity contribution in [3.63, 3.8) is 0 Å². The van der Waals surface area contributed by atoms with Gasteiger partial charge in [-0.15, -0.1) is 0 Å². The van der Waals surface area contributed by atoms with E-state index in [0.29, 0.717) is 19.8 Å². The van der Waals surface area contributed by atoms with E-state index in [0.717, 1.165) is 6.54 Å². The molecule has 0 radical (unpaired) electrons. The summed E-state index contributed by atoms with van der Waals surface area (Å²) in [7, 11) is 0. The van der Waals surface area contributed by atoms with E-state index in [4.69, 9.17) is 4.74 Å². The van der Waals surface area contributed by atoms with Crippen LogP contribution < -0.4 is 11.1 Å². The molecule has 0 aliphatic rings. The van der Waals surface area contributed by atoms with E-state index >= 15 is 0 Å². The summed E-state index contributed by atoms with van der Waals surface area (Å²) in [5.74, 6) is -0.164. The quantitative estimate of drug-likeness (QED) is 0.368. The summed E-state index contributed by atoms with van der Waals surface area (Å²) < 4.78 is 5.07. The Balaban J connectivity index is 3.01. The number of carbonyl (C=O) groups is 1. The Morgan fingerprint density at radius 1 is 1.64 bits per heavy atom.